The van der Waals surface area contributed by atoms with E-state index in [9.17, 15) is 5.11 Å². The fourth-order valence-electron chi connectivity index (χ4n) is 2.23. The molecule has 0 aliphatic rings. The van der Waals surface area contributed by atoms with Gasteiger partial charge in [0.25, 0.3) is 0 Å². The molecule has 8 nitrogen and oxygen atoms in total. The number of aliphatic hydroxyl groups excluding tert-OH is 1. The summed E-state index contributed by atoms with van der Waals surface area (Å²) in [6.07, 6.45) is -0.607. The molecule has 0 aliphatic carbocycles. The second-order valence-electron chi connectivity index (χ2n) is 6.37. The summed E-state index contributed by atoms with van der Waals surface area (Å²) < 4.78 is 43.4. The van der Waals surface area contributed by atoms with E-state index in [-0.39, 0.29) is 11.6 Å². The molecule has 1 rings (SSSR count). The first-order chi connectivity index (χ1) is 10.8. The van der Waals surface area contributed by atoms with Crippen LogP contribution >= 0.6 is 0 Å². The van der Waals surface area contributed by atoms with Crippen LogP contribution < -0.4 is 14.8 Å². The highest BCUT2D eigenvalue weighted by atomic mass is 32.3. The highest BCUT2D eigenvalue weighted by Gasteiger charge is 2.27. The predicted octanol–water partition coefficient (Wildman–Crippen LogP) is 0.492. The Labute approximate surface area is 143 Å². The lowest BCUT2D eigenvalue weighted by Crippen LogP contribution is -2.99. The van der Waals surface area contributed by atoms with Gasteiger partial charge >= 0.3 is 0 Å². The van der Waals surface area contributed by atoms with Crippen molar-refractivity contribution in [1.82, 2.24) is 0 Å². The van der Waals surface area contributed by atoms with Crippen LogP contribution in [0.3, 0.4) is 0 Å². The van der Waals surface area contributed by atoms with Crippen LogP contribution in [0, 0.1) is 0 Å². The van der Waals surface area contributed by atoms with E-state index in [1.165, 1.54) is 0 Å². The molecule has 0 bridgehead atoms. The molecule has 24 heavy (non-hydrogen) atoms. The minimum absolute atomic E-state index is 0.0287. The van der Waals surface area contributed by atoms with E-state index in [1.54, 1.807) is 14.2 Å². The van der Waals surface area contributed by atoms with Crippen LogP contribution in [0.4, 0.5) is 0 Å². The van der Waals surface area contributed by atoms with Gasteiger partial charge in [-0.05, 0) is 45.9 Å². The number of quaternary nitrogens is 1. The topological polar surface area (TPSA) is 133 Å². The van der Waals surface area contributed by atoms with Gasteiger partial charge in [0.15, 0.2) is 0 Å². The molecule has 0 saturated carbocycles. The molecule has 2 unspecified atom stereocenters. The second-order valence-corrected chi connectivity index (χ2v) is 7.23. The molecule has 4 N–H and O–H groups in total. The molecular weight excluding hydrogens is 338 g/mol. The van der Waals surface area contributed by atoms with Crippen molar-refractivity contribution in [2.24, 2.45) is 0 Å². The number of rotatable bonds is 5. The smallest absolute Gasteiger partial charge is 0.215 e. The second kappa shape index (κ2) is 9.19. The van der Waals surface area contributed by atoms with Crippen molar-refractivity contribution in [3.63, 3.8) is 0 Å². The molecule has 0 radical (unpaired) electrons. The third-order valence-corrected chi connectivity index (χ3v) is 3.02. The van der Waals surface area contributed by atoms with Gasteiger partial charge in [0, 0.05) is 5.56 Å². The standard InChI is InChI=1S/C15H25NO3.H2O4S/c1-10(16-15(2,3)4)14(17)12-9-11(18-5)7-8-13(12)19-6;1-5(2,3)4/h7-10,14,16-17H,1-6H3;(H2,1,2,3,4). The number of nitrogens with two attached hydrogens (primary N) is 1. The Balaban J connectivity index is 0.000000922. The first-order valence-corrected chi connectivity index (χ1v) is 8.59. The van der Waals surface area contributed by atoms with Crippen LogP contribution in [-0.4, -0.2) is 48.4 Å². The molecule has 140 valence electrons. The summed E-state index contributed by atoms with van der Waals surface area (Å²) in [6.45, 7) is 8.38. The van der Waals surface area contributed by atoms with Gasteiger partial charge in [-0.3, -0.25) is 4.55 Å². The van der Waals surface area contributed by atoms with Gasteiger partial charge in [0.2, 0.25) is 10.4 Å². The number of methoxy groups -OCH3 is 2. The van der Waals surface area contributed by atoms with Gasteiger partial charge in [-0.25, -0.2) is 8.42 Å². The van der Waals surface area contributed by atoms with Crippen LogP contribution in [0.1, 0.15) is 39.4 Å². The summed E-state index contributed by atoms with van der Waals surface area (Å²) in [5.74, 6) is 1.40. The van der Waals surface area contributed by atoms with Crippen LogP contribution in [0.25, 0.3) is 0 Å². The number of ether oxygens (including phenoxy) is 2. The highest BCUT2D eigenvalue weighted by Crippen LogP contribution is 2.30. The minimum Gasteiger partial charge on any atom is -0.726 e. The van der Waals surface area contributed by atoms with E-state index in [1.807, 2.05) is 25.1 Å². The summed E-state index contributed by atoms with van der Waals surface area (Å²) in [6, 6.07) is 5.51. The average molecular weight is 365 g/mol. The average Bonchev–Trinajstić information content (AvgIpc) is 2.42. The molecule has 0 saturated heterocycles. The third-order valence-electron chi connectivity index (χ3n) is 3.02. The van der Waals surface area contributed by atoms with E-state index in [0.29, 0.717) is 5.75 Å². The Kier molecular flexibility index (Phi) is 8.65. The van der Waals surface area contributed by atoms with Crippen molar-refractivity contribution < 1.29 is 37.4 Å². The molecule has 0 aliphatic heterocycles. The fraction of sp³-hybridized carbons (Fsp3) is 0.600. The van der Waals surface area contributed by atoms with Crippen LogP contribution in [0.2, 0.25) is 0 Å². The summed E-state index contributed by atoms with van der Waals surface area (Å²) >= 11 is 0. The van der Waals surface area contributed by atoms with E-state index in [0.717, 1.165) is 11.3 Å². The first-order valence-electron chi connectivity index (χ1n) is 7.22. The van der Waals surface area contributed by atoms with Gasteiger partial charge in [-0.1, -0.05) is 0 Å². The summed E-state index contributed by atoms with van der Waals surface area (Å²) in [7, 11) is -1.70. The van der Waals surface area contributed by atoms with Crippen molar-refractivity contribution in [3.8, 4) is 11.5 Å². The number of hydrogen-bond donors (Lipinski definition) is 3. The molecule has 0 heterocycles. The molecule has 0 amide bonds. The quantitative estimate of drug-likeness (QED) is 0.511. The Morgan fingerprint density at radius 2 is 1.71 bits per heavy atom. The minimum atomic E-state index is -4.92. The molecule has 0 fully saturated rings. The molecule has 9 heteroatoms. The van der Waals surface area contributed by atoms with E-state index < -0.39 is 16.5 Å². The molecular formula is C15H27NO7S. The fourth-order valence-corrected chi connectivity index (χ4v) is 2.23. The Bertz CT molecular complexity index is 603. The van der Waals surface area contributed by atoms with Crippen molar-refractivity contribution in [3.05, 3.63) is 23.8 Å². The number of aliphatic hydroxyl groups is 1. The Morgan fingerprint density at radius 1 is 1.21 bits per heavy atom. The van der Waals surface area contributed by atoms with Crippen LogP contribution in [0.15, 0.2) is 18.2 Å². The summed E-state index contributed by atoms with van der Waals surface area (Å²) in [4.78, 5) is 0. The van der Waals surface area contributed by atoms with Crippen molar-refractivity contribution in [2.45, 2.75) is 45.4 Å². The third kappa shape index (κ3) is 9.68. The van der Waals surface area contributed by atoms with Crippen molar-refractivity contribution in [2.75, 3.05) is 14.2 Å². The van der Waals surface area contributed by atoms with Gasteiger partial charge in [0.1, 0.15) is 23.6 Å². The van der Waals surface area contributed by atoms with Crippen LogP contribution in [0.5, 0.6) is 11.5 Å². The van der Waals surface area contributed by atoms with E-state index in [2.05, 4.69) is 26.1 Å². The largest absolute Gasteiger partial charge is 0.726 e. The number of hydrogen-bond acceptors (Lipinski definition) is 6. The van der Waals surface area contributed by atoms with Gasteiger partial charge < -0.3 is 24.4 Å². The van der Waals surface area contributed by atoms with Gasteiger partial charge in [-0.2, -0.15) is 0 Å². The maximum Gasteiger partial charge on any atom is 0.215 e. The molecule has 0 aromatic heterocycles. The van der Waals surface area contributed by atoms with Crippen molar-refractivity contribution in [1.29, 1.82) is 0 Å². The predicted molar refractivity (Wildman–Crippen MR) is 88.0 cm³/mol. The zero-order valence-corrected chi connectivity index (χ0v) is 15.6. The monoisotopic (exact) mass is 365 g/mol. The Hall–Kier alpha value is -1.39. The molecule has 1 aromatic rings. The van der Waals surface area contributed by atoms with Gasteiger partial charge in [0.05, 0.1) is 19.8 Å². The Morgan fingerprint density at radius 3 is 2.08 bits per heavy atom. The lowest BCUT2D eigenvalue weighted by Gasteiger charge is -2.26. The lowest BCUT2D eigenvalue weighted by molar-refractivity contribution is -0.751. The highest BCUT2D eigenvalue weighted by molar-refractivity contribution is 7.79. The zero-order valence-electron chi connectivity index (χ0n) is 14.8. The zero-order chi connectivity index (χ0) is 19.1. The van der Waals surface area contributed by atoms with E-state index in [4.69, 9.17) is 27.0 Å². The molecule has 2 atom stereocenters. The van der Waals surface area contributed by atoms with Crippen molar-refractivity contribution >= 4 is 10.4 Å². The summed E-state index contributed by atoms with van der Waals surface area (Å²) in [5.41, 5.74) is 0.821. The number of benzene rings is 1. The lowest BCUT2D eigenvalue weighted by atomic mass is 9.99. The van der Waals surface area contributed by atoms with Crippen LogP contribution in [-0.2, 0) is 10.4 Å². The SMILES string of the molecule is COc1ccc(OC)c(C(O)C(C)[NH2+]C(C)(C)C)c1.O=S(=O)([O-])O. The van der Waals surface area contributed by atoms with E-state index >= 15 is 0 Å². The maximum atomic E-state index is 10.5. The summed E-state index contributed by atoms with van der Waals surface area (Å²) in [5, 5.41) is 12.7. The first kappa shape index (κ1) is 22.6. The molecule has 0 spiro atoms. The maximum absolute atomic E-state index is 10.5. The normalized spacial score (nSPS) is 14.2. The van der Waals surface area contributed by atoms with Gasteiger partial charge in [-0.15, -0.1) is 0 Å². The molecule has 1 aromatic carbocycles.